The van der Waals surface area contributed by atoms with Gasteiger partial charge in [-0.05, 0) is 31.2 Å². The van der Waals surface area contributed by atoms with Crippen molar-refractivity contribution in [1.82, 2.24) is 15.3 Å². The van der Waals surface area contributed by atoms with Crippen LogP contribution >= 0.6 is 11.8 Å². The second kappa shape index (κ2) is 9.00. The van der Waals surface area contributed by atoms with Crippen molar-refractivity contribution < 1.29 is 13.9 Å². The van der Waals surface area contributed by atoms with Crippen molar-refractivity contribution in [3.8, 4) is 17.3 Å². The molecule has 0 saturated carbocycles. The van der Waals surface area contributed by atoms with Crippen molar-refractivity contribution >= 4 is 28.6 Å². The molecule has 0 aliphatic rings. The fourth-order valence-corrected chi connectivity index (χ4v) is 4.01. The third-order valence-corrected chi connectivity index (χ3v) is 5.72. The molecule has 1 unspecified atom stereocenters. The largest absolute Gasteiger partial charge is 0.496 e. The van der Waals surface area contributed by atoms with E-state index in [0.29, 0.717) is 18.1 Å². The van der Waals surface area contributed by atoms with Crippen LogP contribution in [0.2, 0.25) is 0 Å². The van der Waals surface area contributed by atoms with E-state index in [1.807, 2.05) is 61.5 Å². The Kier molecular flexibility index (Phi) is 5.99. The maximum atomic E-state index is 12.7. The molecule has 0 saturated heterocycles. The molecule has 152 valence electrons. The average molecular weight is 420 g/mol. The van der Waals surface area contributed by atoms with Crippen molar-refractivity contribution in [1.29, 1.82) is 0 Å². The lowest BCUT2D eigenvalue weighted by atomic mass is 10.2. The topological polar surface area (TPSA) is 77.2 Å². The number of carbonyl (C=O) groups excluding carboxylic acids is 1. The predicted molar refractivity (Wildman–Crippen MR) is 117 cm³/mol. The zero-order valence-corrected chi connectivity index (χ0v) is 17.5. The molecule has 2 aromatic carbocycles. The predicted octanol–water partition coefficient (Wildman–Crippen LogP) is 4.70. The van der Waals surface area contributed by atoms with Crippen LogP contribution in [0.1, 0.15) is 12.5 Å². The first-order chi connectivity index (χ1) is 14.7. The molecule has 1 amide bonds. The van der Waals surface area contributed by atoms with Crippen molar-refractivity contribution in [2.75, 3.05) is 7.11 Å². The van der Waals surface area contributed by atoms with Crippen LogP contribution in [-0.2, 0) is 11.3 Å². The highest BCUT2D eigenvalue weighted by Crippen LogP contribution is 2.31. The third-order valence-electron chi connectivity index (χ3n) is 4.61. The SMILES string of the molecule is COc1ccccc1CNC(=O)C(C)Sc1nc(-c2ccco2)nc2ccccc12. The Morgan fingerprint density at radius 3 is 2.70 bits per heavy atom. The van der Waals surface area contributed by atoms with Gasteiger partial charge in [0.05, 0.1) is 24.1 Å². The molecule has 0 fully saturated rings. The van der Waals surface area contributed by atoms with Crippen LogP contribution in [0.3, 0.4) is 0 Å². The van der Waals surface area contributed by atoms with E-state index in [4.69, 9.17) is 9.15 Å². The highest BCUT2D eigenvalue weighted by atomic mass is 32.2. The lowest BCUT2D eigenvalue weighted by Gasteiger charge is -2.14. The van der Waals surface area contributed by atoms with Crippen molar-refractivity contribution in [2.45, 2.75) is 23.7 Å². The lowest BCUT2D eigenvalue weighted by Crippen LogP contribution is -2.30. The number of furan rings is 1. The number of rotatable bonds is 7. The zero-order valence-electron chi connectivity index (χ0n) is 16.7. The molecule has 0 bridgehead atoms. The van der Waals surface area contributed by atoms with Gasteiger partial charge in [0.1, 0.15) is 10.8 Å². The van der Waals surface area contributed by atoms with Crippen LogP contribution in [-0.4, -0.2) is 28.2 Å². The molecule has 0 aliphatic carbocycles. The number of para-hydroxylation sites is 2. The van der Waals surface area contributed by atoms with E-state index < -0.39 is 0 Å². The smallest absolute Gasteiger partial charge is 0.233 e. The summed E-state index contributed by atoms with van der Waals surface area (Å²) in [7, 11) is 1.62. The van der Waals surface area contributed by atoms with Crippen LogP contribution in [0.15, 0.2) is 76.4 Å². The van der Waals surface area contributed by atoms with E-state index in [9.17, 15) is 4.79 Å². The van der Waals surface area contributed by atoms with Gasteiger partial charge in [-0.1, -0.05) is 48.2 Å². The number of ether oxygens (including phenoxy) is 1. The molecule has 4 rings (SSSR count). The number of thioether (sulfide) groups is 1. The molecule has 6 nitrogen and oxygen atoms in total. The van der Waals surface area contributed by atoms with Crippen LogP contribution < -0.4 is 10.1 Å². The summed E-state index contributed by atoms with van der Waals surface area (Å²) < 4.78 is 10.8. The minimum atomic E-state index is -0.345. The van der Waals surface area contributed by atoms with Gasteiger partial charge in [-0.3, -0.25) is 4.79 Å². The van der Waals surface area contributed by atoms with Crippen LogP contribution in [0.25, 0.3) is 22.5 Å². The molecule has 0 aliphatic heterocycles. The summed E-state index contributed by atoms with van der Waals surface area (Å²) in [4.78, 5) is 22.0. The van der Waals surface area contributed by atoms with Gasteiger partial charge in [0, 0.05) is 17.5 Å². The van der Waals surface area contributed by atoms with Gasteiger partial charge in [-0.25, -0.2) is 9.97 Å². The number of hydrogen-bond donors (Lipinski definition) is 1. The van der Waals surface area contributed by atoms with Gasteiger partial charge in [0.2, 0.25) is 5.91 Å². The third kappa shape index (κ3) is 4.31. The molecule has 7 heteroatoms. The second-order valence-corrected chi connectivity index (χ2v) is 7.97. The normalized spacial score (nSPS) is 11.9. The lowest BCUT2D eigenvalue weighted by molar-refractivity contribution is -0.120. The fourth-order valence-electron chi connectivity index (χ4n) is 3.05. The van der Waals surface area contributed by atoms with Crippen LogP contribution in [0.5, 0.6) is 5.75 Å². The molecule has 4 aromatic rings. The van der Waals surface area contributed by atoms with E-state index >= 15 is 0 Å². The molecule has 0 spiro atoms. The zero-order chi connectivity index (χ0) is 20.9. The molecule has 1 atom stereocenters. The van der Waals surface area contributed by atoms with Crippen molar-refractivity contribution in [3.05, 3.63) is 72.5 Å². The quantitative estimate of drug-likeness (QED) is 0.346. The van der Waals surface area contributed by atoms with Gasteiger partial charge >= 0.3 is 0 Å². The number of carbonyl (C=O) groups is 1. The summed E-state index contributed by atoms with van der Waals surface area (Å²) in [6.45, 7) is 2.27. The summed E-state index contributed by atoms with van der Waals surface area (Å²) in [5, 5.41) is 4.28. The molecule has 1 N–H and O–H groups in total. The summed E-state index contributed by atoms with van der Waals surface area (Å²) in [5.74, 6) is 1.77. The van der Waals surface area contributed by atoms with Gasteiger partial charge < -0.3 is 14.5 Å². The van der Waals surface area contributed by atoms with E-state index in [-0.39, 0.29) is 11.2 Å². The van der Waals surface area contributed by atoms with E-state index in [1.165, 1.54) is 11.8 Å². The monoisotopic (exact) mass is 419 g/mol. The Labute approximate surface area is 178 Å². The highest BCUT2D eigenvalue weighted by Gasteiger charge is 2.19. The summed E-state index contributed by atoms with van der Waals surface area (Å²) in [6, 6.07) is 19.0. The van der Waals surface area contributed by atoms with E-state index in [2.05, 4.69) is 15.3 Å². The number of aromatic nitrogens is 2. The molecule has 2 aromatic heterocycles. The minimum absolute atomic E-state index is 0.0758. The first-order valence-electron chi connectivity index (χ1n) is 9.52. The molecule has 30 heavy (non-hydrogen) atoms. The number of nitrogens with zero attached hydrogens (tertiary/aromatic N) is 2. The Hall–Kier alpha value is -3.32. The summed E-state index contributed by atoms with van der Waals surface area (Å²) >= 11 is 1.40. The molecular formula is C23H21N3O3S. The van der Waals surface area contributed by atoms with Crippen molar-refractivity contribution in [3.63, 3.8) is 0 Å². The van der Waals surface area contributed by atoms with Crippen LogP contribution in [0.4, 0.5) is 0 Å². The maximum Gasteiger partial charge on any atom is 0.233 e. The number of amides is 1. The summed E-state index contributed by atoms with van der Waals surface area (Å²) in [6.07, 6.45) is 1.59. The highest BCUT2D eigenvalue weighted by molar-refractivity contribution is 8.00. The first kappa shape index (κ1) is 20.0. The van der Waals surface area contributed by atoms with Gasteiger partial charge in [-0.15, -0.1) is 0 Å². The number of methoxy groups -OCH3 is 1. The van der Waals surface area contributed by atoms with E-state index in [0.717, 1.165) is 27.2 Å². The van der Waals surface area contributed by atoms with Gasteiger partial charge in [0.15, 0.2) is 11.6 Å². The summed E-state index contributed by atoms with van der Waals surface area (Å²) in [5.41, 5.74) is 1.74. The first-order valence-corrected chi connectivity index (χ1v) is 10.4. The van der Waals surface area contributed by atoms with E-state index in [1.54, 1.807) is 19.4 Å². The Morgan fingerprint density at radius 2 is 1.90 bits per heavy atom. The average Bonchev–Trinajstić information content (AvgIpc) is 3.32. The van der Waals surface area contributed by atoms with Crippen molar-refractivity contribution in [2.24, 2.45) is 0 Å². The number of nitrogens with one attached hydrogen (secondary N) is 1. The Morgan fingerprint density at radius 1 is 1.10 bits per heavy atom. The Bertz CT molecular complexity index is 1160. The minimum Gasteiger partial charge on any atom is -0.496 e. The standard InChI is InChI=1S/C23H21N3O3S/c1-15(22(27)24-14-16-8-3-6-11-19(16)28-2)30-23-17-9-4-5-10-18(17)25-21(26-23)20-12-7-13-29-20/h3-13,15H,14H2,1-2H3,(H,24,27). The van der Waals surface area contributed by atoms with Gasteiger partial charge in [0.25, 0.3) is 0 Å². The number of hydrogen-bond acceptors (Lipinski definition) is 6. The van der Waals surface area contributed by atoms with Crippen LogP contribution in [0, 0.1) is 0 Å². The molecule has 0 radical (unpaired) electrons. The second-order valence-electron chi connectivity index (χ2n) is 6.64. The molecule has 2 heterocycles. The molecular weight excluding hydrogens is 398 g/mol. The number of benzene rings is 2. The Balaban J connectivity index is 1.53. The number of fused-ring (bicyclic) bond motifs is 1. The van der Waals surface area contributed by atoms with Gasteiger partial charge in [-0.2, -0.15) is 0 Å². The maximum absolute atomic E-state index is 12.7. The fraction of sp³-hybridized carbons (Fsp3) is 0.174.